The second kappa shape index (κ2) is 10.6. The highest BCUT2D eigenvalue weighted by atomic mass is 35.5. The summed E-state index contributed by atoms with van der Waals surface area (Å²) in [7, 11) is 4.20. The third kappa shape index (κ3) is 4.41. The van der Waals surface area contributed by atoms with Crippen LogP contribution < -0.4 is 4.90 Å². The van der Waals surface area contributed by atoms with Crippen molar-refractivity contribution in [1.82, 2.24) is 4.90 Å². The molecule has 1 aromatic carbocycles. The van der Waals surface area contributed by atoms with Gasteiger partial charge in [0.2, 0.25) is 11.8 Å². The first-order chi connectivity index (χ1) is 17.5. The molecule has 0 aromatic heterocycles. The van der Waals surface area contributed by atoms with E-state index in [1.54, 1.807) is 0 Å². The monoisotopic (exact) mass is 536 g/mol. The molecule has 0 unspecified atom stereocenters. The number of halogens is 1. The Kier molecular flexibility index (Phi) is 7.91. The standard InChI is InChI=1S/C24H25ClN2O10/c1-12-18-19(21(31)26(20(18)30)14-8-6-13(25)7-9-14)24(23(33)37-5,11-17(29)35-3)27(12)15(22(32)36-4)10-16(28)34-2/h6-10,12,18-19H,11H2,1-5H3/b15-10+/t12-,18+,19-,24-/m0/s1. The number of hydrogen-bond donors (Lipinski definition) is 0. The molecule has 1 aromatic rings. The van der Waals surface area contributed by atoms with Crippen LogP contribution in [0.15, 0.2) is 36.0 Å². The van der Waals surface area contributed by atoms with Crippen molar-refractivity contribution < 1.29 is 47.7 Å². The molecule has 12 nitrogen and oxygen atoms in total. The number of carbonyl (C=O) groups is 6. The third-order valence-electron chi connectivity index (χ3n) is 6.60. The van der Waals surface area contributed by atoms with Gasteiger partial charge in [-0.3, -0.25) is 14.4 Å². The van der Waals surface area contributed by atoms with Crippen molar-refractivity contribution in [2.45, 2.75) is 24.9 Å². The van der Waals surface area contributed by atoms with Gasteiger partial charge in [0.15, 0.2) is 5.54 Å². The zero-order valence-electron chi connectivity index (χ0n) is 20.7. The maximum absolute atomic E-state index is 13.9. The Balaban J connectivity index is 2.32. The van der Waals surface area contributed by atoms with Gasteiger partial charge < -0.3 is 23.8 Å². The second-order valence-corrected chi connectivity index (χ2v) is 8.75. The van der Waals surface area contributed by atoms with E-state index >= 15 is 0 Å². The lowest BCUT2D eigenvalue weighted by Crippen LogP contribution is -2.60. The molecule has 0 saturated carbocycles. The van der Waals surface area contributed by atoms with Crippen LogP contribution in [0.2, 0.25) is 5.02 Å². The average molecular weight is 537 g/mol. The molecule has 2 aliphatic heterocycles. The highest BCUT2D eigenvalue weighted by Crippen LogP contribution is 2.53. The van der Waals surface area contributed by atoms with Gasteiger partial charge in [-0.15, -0.1) is 0 Å². The number of hydrogen-bond acceptors (Lipinski definition) is 11. The van der Waals surface area contributed by atoms with Crippen LogP contribution in [0.4, 0.5) is 5.69 Å². The molecule has 2 fully saturated rings. The van der Waals surface area contributed by atoms with Gasteiger partial charge in [0.25, 0.3) is 0 Å². The van der Waals surface area contributed by atoms with Crippen LogP contribution in [0, 0.1) is 11.8 Å². The Morgan fingerprint density at radius 1 is 0.946 bits per heavy atom. The van der Waals surface area contributed by atoms with Crippen molar-refractivity contribution in [2.24, 2.45) is 11.8 Å². The summed E-state index contributed by atoms with van der Waals surface area (Å²) >= 11 is 5.94. The van der Waals surface area contributed by atoms with Crippen molar-refractivity contribution in [2.75, 3.05) is 33.3 Å². The highest BCUT2D eigenvalue weighted by Gasteiger charge is 2.73. The van der Waals surface area contributed by atoms with Gasteiger partial charge in [-0.1, -0.05) is 11.6 Å². The number of nitrogens with zero attached hydrogens (tertiary/aromatic N) is 2. The van der Waals surface area contributed by atoms with E-state index in [4.69, 9.17) is 25.8 Å². The third-order valence-corrected chi connectivity index (χ3v) is 6.85. The normalized spacial score (nSPS) is 25.0. The average Bonchev–Trinajstić information content (AvgIpc) is 3.31. The quantitative estimate of drug-likeness (QED) is 0.211. The Hall–Kier alpha value is -3.93. The van der Waals surface area contributed by atoms with Crippen LogP contribution in [0.1, 0.15) is 13.3 Å². The van der Waals surface area contributed by atoms with Crippen LogP contribution in [0.25, 0.3) is 0 Å². The zero-order chi connectivity index (χ0) is 27.7. The zero-order valence-corrected chi connectivity index (χ0v) is 21.4. The molecule has 2 heterocycles. The van der Waals surface area contributed by atoms with Gasteiger partial charge in [0.05, 0.1) is 58.5 Å². The largest absolute Gasteiger partial charge is 0.469 e. The van der Waals surface area contributed by atoms with E-state index < -0.39 is 71.2 Å². The molecule has 0 bridgehead atoms. The fourth-order valence-electron chi connectivity index (χ4n) is 5.10. The van der Waals surface area contributed by atoms with Gasteiger partial charge in [-0.25, -0.2) is 19.3 Å². The molecule has 37 heavy (non-hydrogen) atoms. The lowest BCUT2D eigenvalue weighted by Gasteiger charge is -2.41. The maximum atomic E-state index is 13.9. The lowest BCUT2D eigenvalue weighted by atomic mass is 9.77. The summed E-state index contributed by atoms with van der Waals surface area (Å²) < 4.78 is 19.3. The van der Waals surface area contributed by atoms with Crippen molar-refractivity contribution in [3.05, 3.63) is 41.1 Å². The van der Waals surface area contributed by atoms with Crippen molar-refractivity contribution >= 4 is 53.0 Å². The summed E-state index contributed by atoms with van der Waals surface area (Å²) in [6.07, 6.45) is -0.0328. The molecule has 0 aliphatic carbocycles. The number of likely N-dealkylation sites (tertiary alicyclic amines) is 1. The van der Waals surface area contributed by atoms with E-state index in [1.165, 1.54) is 31.2 Å². The summed E-state index contributed by atoms with van der Waals surface area (Å²) in [5, 5.41) is 0.368. The van der Waals surface area contributed by atoms with Gasteiger partial charge >= 0.3 is 23.9 Å². The molecule has 13 heteroatoms. The SMILES string of the molecule is COC(=O)/C=C(\C(=O)OC)N1[C@@H](C)[C@H]2C(=O)N(c3ccc(Cl)cc3)C(=O)[C@H]2[C@@]1(CC(=O)OC)C(=O)OC. The number of carbonyl (C=O) groups excluding carboxylic acids is 6. The second-order valence-electron chi connectivity index (χ2n) is 8.32. The first-order valence-electron chi connectivity index (χ1n) is 11.0. The predicted molar refractivity (Wildman–Crippen MR) is 126 cm³/mol. The van der Waals surface area contributed by atoms with Gasteiger partial charge in [-0.2, -0.15) is 0 Å². The summed E-state index contributed by atoms with van der Waals surface area (Å²) in [6.45, 7) is 1.48. The maximum Gasteiger partial charge on any atom is 0.354 e. The minimum absolute atomic E-state index is 0.197. The Labute approximate surface area is 217 Å². The summed E-state index contributed by atoms with van der Waals surface area (Å²) in [6, 6.07) is 4.81. The minimum atomic E-state index is -2.26. The van der Waals surface area contributed by atoms with Crippen molar-refractivity contribution in [3.8, 4) is 0 Å². The molecule has 4 atom stereocenters. The molecule has 2 saturated heterocycles. The molecular weight excluding hydrogens is 512 g/mol. The number of ether oxygens (including phenoxy) is 4. The highest BCUT2D eigenvalue weighted by molar-refractivity contribution is 6.31. The number of amides is 2. The molecule has 198 valence electrons. The predicted octanol–water partition coefficient (Wildman–Crippen LogP) is 0.854. The number of anilines is 1. The van der Waals surface area contributed by atoms with Crippen LogP contribution in [0.5, 0.6) is 0 Å². The van der Waals surface area contributed by atoms with E-state index in [0.717, 1.165) is 44.3 Å². The van der Waals surface area contributed by atoms with Crippen molar-refractivity contribution in [3.63, 3.8) is 0 Å². The van der Waals surface area contributed by atoms with Gasteiger partial charge in [-0.05, 0) is 31.2 Å². The number of rotatable bonds is 7. The minimum Gasteiger partial charge on any atom is -0.469 e. The smallest absolute Gasteiger partial charge is 0.354 e. The number of methoxy groups -OCH3 is 4. The molecule has 2 aliphatic rings. The van der Waals surface area contributed by atoms with Crippen LogP contribution in [-0.2, 0) is 47.7 Å². The van der Waals surface area contributed by atoms with Crippen molar-refractivity contribution in [1.29, 1.82) is 0 Å². The van der Waals surface area contributed by atoms with E-state index in [-0.39, 0.29) is 5.69 Å². The Morgan fingerprint density at radius 2 is 1.57 bits per heavy atom. The number of esters is 4. The van der Waals surface area contributed by atoms with Crippen LogP contribution in [-0.4, -0.2) is 80.6 Å². The fourth-order valence-corrected chi connectivity index (χ4v) is 5.22. The van der Waals surface area contributed by atoms with Gasteiger partial charge in [0.1, 0.15) is 5.70 Å². The first kappa shape index (κ1) is 27.7. The van der Waals surface area contributed by atoms with E-state index in [1.807, 2.05) is 0 Å². The molecule has 0 spiro atoms. The van der Waals surface area contributed by atoms with Gasteiger partial charge in [0, 0.05) is 11.1 Å². The fraction of sp³-hybridized carbons (Fsp3) is 0.417. The Morgan fingerprint density at radius 3 is 2.08 bits per heavy atom. The van der Waals surface area contributed by atoms with E-state index in [2.05, 4.69) is 4.74 Å². The number of imide groups is 1. The summed E-state index contributed by atoms with van der Waals surface area (Å²) in [5.41, 5.74) is -2.57. The number of fused-ring (bicyclic) bond motifs is 1. The van der Waals surface area contributed by atoms with Crippen LogP contribution >= 0.6 is 11.6 Å². The topological polar surface area (TPSA) is 146 Å². The summed E-state index contributed by atoms with van der Waals surface area (Å²) in [4.78, 5) is 80.7. The first-order valence-corrected chi connectivity index (χ1v) is 11.3. The van der Waals surface area contributed by atoms with Crippen LogP contribution in [0.3, 0.4) is 0 Å². The molecule has 2 amide bonds. The molecule has 0 N–H and O–H groups in total. The van der Waals surface area contributed by atoms with E-state index in [9.17, 15) is 28.8 Å². The Bertz CT molecular complexity index is 1180. The molecule has 0 radical (unpaired) electrons. The summed E-state index contributed by atoms with van der Waals surface area (Å²) in [5.74, 6) is -8.32. The molecular formula is C24H25ClN2O10. The molecule has 3 rings (SSSR count). The number of benzene rings is 1. The van der Waals surface area contributed by atoms with E-state index in [0.29, 0.717) is 5.02 Å². The lowest BCUT2D eigenvalue weighted by molar-refractivity contribution is -0.165.